The second kappa shape index (κ2) is 79.3. The average molecular weight is 1560 g/mol. The molecule has 0 aromatic rings. The molecule has 0 aromatic heterocycles. The zero-order valence-corrected chi connectivity index (χ0v) is 72.2. The van der Waals surface area contributed by atoms with E-state index in [-0.39, 0.29) is 25.7 Å². The molecule has 0 bridgehead atoms. The van der Waals surface area contributed by atoms with Gasteiger partial charge in [0.2, 0.25) is 0 Å². The van der Waals surface area contributed by atoms with Crippen LogP contribution < -0.4 is 0 Å². The lowest BCUT2D eigenvalue weighted by Gasteiger charge is -2.21. The first-order valence-electron chi connectivity index (χ1n) is 45.5. The molecule has 0 aliphatic carbocycles. The Balaban J connectivity index is 5.22. The van der Waals surface area contributed by atoms with Crippen LogP contribution in [0.5, 0.6) is 0 Å². The summed E-state index contributed by atoms with van der Waals surface area (Å²) in [5, 5.41) is 10.7. The third-order valence-corrected chi connectivity index (χ3v) is 22.6. The Labute approximate surface area is 658 Å². The number of ether oxygens (including phenoxy) is 4. The molecule has 19 heteroatoms. The van der Waals surface area contributed by atoms with Crippen molar-refractivity contribution in [1.29, 1.82) is 0 Å². The number of carbonyl (C=O) groups is 4. The largest absolute Gasteiger partial charge is 0.472 e. The SMILES string of the molecule is CCCCCCCCCCCCCCCCCCCCC(=O)O[C@H](COC(=O)CCCCCCCCCCCC)COP(=O)(O)OC[C@H](O)COP(=O)(O)OC[C@@H](COC(=O)CCCCCCCCCCCCCCCCCC(C)C)OC(=O)CCCCCCCCCCCCCCCCCCCCC(C)C. The first-order valence-corrected chi connectivity index (χ1v) is 48.5. The Hall–Kier alpha value is -1.94. The van der Waals surface area contributed by atoms with Crippen molar-refractivity contribution in [2.45, 2.75) is 490 Å². The van der Waals surface area contributed by atoms with E-state index in [2.05, 4.69) is 41.5 Å². The van der Waals surface area contributed by atoms with E-state index in [0.29, 0.717) is 25.7 Å². The maximum absolute atomic E-state index is 13.2. The van der Waals surface area contributed by atoms with Gasteiger partial charge in [-0.3, -0.25) is 37.3 Å². The Morgan fingerprint density at radius 2 is 0.430 bits per heavy atom. The summed E-state index contributed by atoms with van der Waals surface area (Å²) >= 11 is 0. The number of hydrogen-bond acceptors (Lipinski definition) is 15. The second-order valence-electron chi connectivity index (χ2n) is 32.6. The van der Waals surface area contributed by atoms with Crippen LogP contribution in [0.4, 0.5) is 0 Å². The van der Waals surface area contributed by atoms with Gasteiger partial charge in [0.1, 0.15) is 19.3 Å². The van der Waals surface area contributed by atoms with E-state index in [0.717, 1.165) is 102 Å². The minimum absolute atomic E-state index is 0.109. The summed E-state index contributed by atoms with van der Waals surface area (Å²) in [5.74, 6) is -0.472. The molecule has 0 saturated carbocycles. The molecule has 0 aliphatic heterocycles. The minimum Gasteiger partial charge on any atom is -0.462 e. The Bertz CT molecular complexity index is 2050. The van der Waals surface area contributed by atoms with Crippen molar-refractivity contribution < 1.29 is 80.2 Å². The van der Waals surface area contributed by atoms with Crippen LogP contribution in [0.2, 0.25) is 0 Å². The summed E-state index contributed by atoms with van der Waals surface area (Å²) in [4.78, 5) is 73.3. The van der Waals surface area contributed by atoms with E-state index in [1.54, 1.807) is 0 Å². The lowest BCUT2D eigenvalue weighted by Crippen LogP contribution is -2.30. The van der Waals surface area contributed by atoms with Gasteiger partial charge in [-0.1, -0.05) is 420 Å². The molecule has 107 heavy (non-hydrogen) atoms. The molecule has 0 heterocycles. The van der Waals surface area contributed by atoms with Gasteiger partial charge in [0.25, 0.3) is 0 Å². The van der Waals surface area contributed by atoms with Gasteiger partial charge in [0, 0.05) is 25.7 Å². The third-order valence-electron chi connectivity index (χ3n) is 20.7. The highest BCUT2D eigenvalue weighted by Gasteiger charge is 2.30. The maximum Gasteiger partial charge on any atom is 0.472 e. The molecular formula is C88H172O17P2. The van der Waals surface area contributed by atoms with Crippen LogP contribution in [0, 0.1) is 11.8 Å². The molecule has 2 unspecified atom stereocenters. The first-order chi connectivity index (χ1) is 51.9. The fourth-order valence-electron chi connectivity index (χ4n) is 13.8. The van der Waals surface area contributed by atoms with Crippen molar-refractivity contribution in [3.8, 4) is 0 Å². The van der Waals surface area contributed by atoms with E-state index >= 15 is 0 Å². The molecule has 3 N–H and O–H groups in total. The van der Waals surface area contributed by atoms with E-state index in [4.69, 9.17) is 37.0 Å². The van der Waals surface area contributed by atoms with Gasteiger partial charge in [0.05, 0.1) is 26.4 Å². The number of carbonyl (C=O) groups excluding carboxylic acids is 4. The average Bonchev–Trinajstić information content (AvgIpc) is 0.920. The molecule has 636 valence electrons. The van der Waals surface area contributed by atoms with E-state index in [1.165, 1.54) is 289 Å². The number of hydrogen-bond donors (Lipinski definition) is 3. The van der Waals surface area contributed by atoms with Crippen molar-refractivity contribution in [1.82, 2.24) is 0 Å². The molecule has 17 nitrogen and oxygen atoms in total. The smallest absolute Gasteiger partial charge is 0.462 e. The summed E-state index contributed by atoms with van der Waals surface area (Å²) in [7, 11) is -9.93. The van der Waals surface area contributed by atoms with Crippen LogP contribution in [0.3, 0.4) is 0 Å². The topological polar surface area (TPSA) is 237 Å². The number of unbranched alkanes of at least 4 members (excludes halogenated alkanes) is 57. The fourth-order valence-corrected chi connectivity index (χ4v) is 15.4. The molecule has 0 fully saturated rings. The first kappa shape index (κ1) is 105. The summed E-state index contributed by atoms with van der Waals surface area (Å²) in [6.45, 7) is 9.74. The number of phosphoric ester groups is 2. The monoisotopic (exact) mass is 1560 g/mol. The third kappa shape index (κ3) is 81.9. The Morgan fingerprint density at radius 1 is 0.252 bits per heavy atom. The molecule has 5 atom stereocenters. The molecule has 0 rings (SSSR count). The molecule has 0 aromatic carbocycles. The van der Waals surface area contributed by atoms with Crippen LogP contribution in [0.1, 0.15) is 472 Å². The van der Waals surface area contributed by atoms with Crippen molar-refractivity contribution in [3.63, 3.8) is 0 Å². The molecule has 0 aliphatic rings. The molecule has 0 saturated heterocycles. The number of esters is 4. The molecule has 0 spiro atoms. The lowest BCUT2D eigenvalue weighted by molar-refractivity contribution is -0.161. The Kier molecular flexibility index (Phi) is 77.9. The number of aliphatic hydroxyl groups is 1. The van der Waals surface area contributed by atoms with Crippen LogP contribution in [-0.4, -0.2) is 96.7 Å². The highest BCUT2D eigenvalue weighted by molar-refractivity contribution is 7.47. The summed E-state index contributed by atoms with van der Waals surface area (Å²) in [6.07, 6.45) is 72.2. The normalized spacial score (nSPS) is 13.8. The zero-order chi connectivity index (χ0) is 78.5. The van der Waals surface area contributed by atoms with Crippen molar-refractivity contribution in [2.75, 3.05) is 39.6 Å². The lowest BCUT2D eigenvalue weighted by atomic mass is 10.0. The fraction of sp³-hybridized carbons (Fsp3) is 0.955. The van der Waals surface area contributed by atoms with Gasteiger partial charge in [-0.05, 0) is 37.5 Å². The quantitative estimate of drug-likeness (QED) is 0.0222. The second-order valence-corrected chi connectivity index (χ2v) is 35.5. The highest BCUT2D eigenvalue weighted by atomic mass is 31.2. The maximum atomic E-state index is 13.2. The summed E-state index contributed by atoms with van der Waals surface area (Å²) in [6, 6.07) is 0. The number of phosphoric acid groups is 2. The van der Waals surface area contributed by atoms with Gasteiger partial charge in [-0.25, -0.2) is 9.13 Å². The predicted octanol–water partition coefficient (Wildman–Crippen LogP) is 27.0. The summed E-state index contributed by atoms with van der Waals surface area (Å²) in [5.41, 5.74) is 0. The van der Waals surface area contributed by atoms with E-state index in [9.17, 15) is 43.2 Å². The van der Waals surface area contributed by atoms with Crippen molar-refractivity contribution >= 4 is 39.5 Å². The zero-order valence-electron chi connectivity index (χ0n) is 70.5. The van der Waals surface area contributed by atoms with Crippen LogP contribution >= 0.6 is 15.6 Å². The van der Waals surface area contributed by atoms with Crippen molar-refractivity contribution in [2.24, 2.45) is 11.8 Å². The minimum atomic E-state index is -4.97. The Morgan fingerprint density at radius 3 is 0.636 bits per heavy atom. The van der Waals surface area contributed by atoms with Gasteiger partial charge in [-0.2, -0.15) is 0 Å². The predicted molar refractivity (Wildman–Crippen MR) is 442 cm³/mol. The molecule has 0 radical (unpaired) electrons. The van der Waals surface area contributed by atoms with Crippen LogP contribution in [-0.2, 0) is 65.4 Å². The van der Waals surface area contributed by atoms with Gasteiger partial charge >= 0.3 is 39.5 Å². The van der Waals surface area contributed by atoms with E-state index in [1.807, 2.05) is 0 Å². The van der Waals surface area contributed by atoms with E-state index < -0.39 is 97.5 Å². The standard InChI is InChI=1S/C88H172O17P2/c1-7-9-11-13-15-17-19-20-21-22-26-31-37-42-48-54-60-66-72-87(92)104-83(76-98-85(90)70-64-58-52-46-18-16-14-12-10-8-2)78-102-106(94,95)100-74-82(89)75-101-107(96,97)103-79-84(77-99-86(91)71-65-59-53-47-41-36-33-28-30-35-40-45-51-57-63-69-81(5)6)105-88(93)73-67-61-55-49-43-38-32-27-24-23-25-29-34-39-44-50-56-62-68-80(3)4/h80-84,89H,7-79H2,1-6H3,(H,94,95)(H,96,97)/t82-,83+,84+/m0/s1. The summed E-state index contributed by atoms with van der Waals surface area (Å²) < 4.78 is 69.0. The van der Waals surface area contributed by atoms with Gasteiger partial charge in [-0.15, -0.1) is 0 Å². The number of rotatable bonds is 87. The van der Waals surface area contributed by atoms with Crippen LogP contribution in [0.15, 0.2) is 0 Å². The van der Waals surface area contributed by atoms with Crippen molar-refractivity contribution in [3.05, 3.63) is 0 Å². The molecule has 0 amide bonds. The van der Waals surface area contributed by atoms with Crippen LogP contribution in [0.25, 0.3) is 0 Å². The van der Waals surface area contributed by atoms with Gasteiger partial charge < -0.3 is 33.8 Å². The number of aliphatic hydroxyl groups excluding tert-OH is 1. The molecular weight excluding hydrogens is 1390 g/mol. The van der Waals surface area contributed by atoms with Gasteiger partial charge in [0.15, 0.2) is 12.2 Å². The highest BCUT2D eigenvalue weighted by Crippen LogP contribution is 2.45.